The lowest BCUT2D eigenvalue weighted by molar-refractivity contribution is 0.598. The van der Waals surface area contributed by atoms with Crippen molar-refractivity contribution in [3.05, 3.63) is 33.5 Å². The molecule has 72 valence electrons. The largest absolute Gasteiger partial charge is 0.319 e. The third-order valence-corrected chi connectivity index (χ3v) is 2.47. The molecule has 1 nitrogen and oxygen atoms in total. The molecule has 0 fully saturated rings. The van der Waals surface area contributed by atoms with Crippen LogP contribution in [0, 0.1) is 12.7 Å². The van der Waals surface area contributed by atoms with E-state index in [-0.39, 0.29) is 5.82 Å². The molecule has 0 radical (unpaired) electrons. The average Bonchev–Trinajstić information content (AvgIpc) is 2.09. The molecule has 0 heterocycles. The van der Waals surface area contributed by atoms with Crippen molar-refractivity contribution in [1.29, 1.82) is 0 Å². The quantitative estimate of drug-likeness (QED) is 0.864. The van der Waals surface area contributed by atoms with Crippen LogP contribution in [0.5, 0.6) is 0 Å². The predicted octanol–water partition coefficient (Wildman–Crippen LogP) is 2.66. The lowest BCUT2D eigenvalue weighted by Gasteiger charge is -2.06. The maximum atomic E-state index is 13.4. The van der Waals surface area contributed by atoms with Crippen LogP contribution < -0.4 is 5.32 Å². The topological polar surface area (TPSA) is 12.0 Å². The zero-order valence-electron chi connectivity index (χ0n) is 7.82. The van der Waals surface area contributed by atoms with Crippen LogP contribution in [0.15, 0.2) is 16.6 Å². The predicted molar refractivity (Wildman–Crippen MR) is 56.5 cm³/mol. The Morgan fingerprint density at radius 2 is 2.15 bits per heavy atom. The minimum atomic E-state index is -0.138. The van der Waals surface area contributed by atoms with E-state index in [1.54, 1.807) is 6.07 Å². The van der Waals surface area contributed by atoms with Gasteiger partial charge in [-0.15, -0.1) is 0 Å². The van der Waals surface area contributed by atoms with Crippen LogP contribution in [0.1, 0.15) is 11.1 Å². The van der Waals surface area contributed by atoms with Crippen molar-refractivity contribution in [3.8, 4) is 0 Å². The highest BCUT2D eigenvalue weighted by Gasteiger charge is 2.06. The van der Waals surface area contributed by atoms with E-state index in [1.807, 2.05) is 20.0 Å². The monoisotopic (exact) mass is 245 g/mol. The molecule has 0 aliphatic rings. The van der Waals surface area contributed by atoms with Crippen molar-refractivity contribution in [2.24, 2.45) is 0 Å². The van der Waals surface area contributed by atoms with Gasteiger partial charge in [0.2, 0.25) is 0 Å². The summed E-state index contributed by atoms with van der Waals surface area (Å²) < 4.78 is 14.0. The van der Waals surface area contributed by atoms with Gasteiger partial charge in [0.05, 0.1) is 4.47 Å². The van der Waals surface area contributed by atoms with Crippen LogP contribution in [0.2, 0.25) is 0 Å². The molecule has 0 unspecified atom stereocenters. The van der Waals surface area contributed by atoms with Crippen LogP contribution in [0.25, 0.3) is 0 Å². The molecule has 0 saturated heterocycles. The van der Waals surface area contributed by atoms with Gasteiger partial charge in [-0.3, -0.25) is 0 Å². The van der Waals surface area contributed by atoms with E-state index in [0.29, 0.717) is 4.47 Å². The smallest absolute Gasteiger partial charge is 0.140 e. The molecule has 3 heteroatoms. The number of likely N-dealkylation sites (N-methyl/N-ethyl adjacent to an activating group) is 1. The summed E-state index contributed by atoms with van der Waals surface area (Å²) in [7, 11) is 1.86. The SMILES string of the molecule is CNCCc1cc(C)cc(Br)c1F. The van der Waals surface area contributed by atoms with E-state index < -0.39 is 0 Å². The zero-order chi connectivity index (χ0) is 9.84. The van der Waals surface area contributed by atoms with E-state index in [2.05, 4.69) is 21.2 Å². The van der Waals surface area contributed by atoms with Gasteiger partial charge in [-0.25, -0.2) is 4.39 Å². The first-order chi connectivity index (χ1) is 6.15. The second-order valence-corrected chi connectivity index (χ2v) is 3.93. The number of rotatable bonds is 3. The maximum absolute atomic E-state index is 13.4. The summed E-state index contributed by atoms with van der Waals surface area (Å²) in [6, 6.07) is 3.68. The van der Waals surface area contributed by atoms with E-state index >= 15 is 0 Å². The lowest BCUT2D eigenvalue weighted by atomic mass is 10.1. The molecular formula is C10H13BrFN. The van der Waals surface area contributed by atoms with Crippen LogP contribution in [-0.2, 0) is 6.42 Å². The highest BCUT2D eigenvalue weighted by Crippen LogP contribution is 2.21. The van der Waals surface area contributed by atoms with E-state index in [4.69, 9.17) is 0 Å². The number of halogens is 2. The minimum Gasteiger partial charge on any atom is -0.319 e. The van der Waals surface area contributed by atoms with Crippen LogP contribution in [-0.4, -0.2) is 13.6 Å². The third-order valence-electron chi connectivity index (χ3n) is 1.89. The fourth-order valence-corrected chi connectivity index (χ4v) is 1.85. The van der Waals surface area contributed by atoms with Crippen LogP contribution in [0.3, 0.4) is 0 Å². The van der Waals surface area contributed by atoms with Gasteiger partial charge in [0, 0.05) is 0 Å². The molecule has 0 atom stereocenters. The fraction of sp³-hybridized carbons (Fsp3) is 0.400. The molecular weight excluding hydrogens is 233 g/mol. The Morgan fingerprint density at radius 1 is 1.46 bits per heavy atom. The Kier molecular flexibility index (Phi) is 3.88. The van der Waals surface area contributed by atoms with Gasteiger partial charge in [-0.1, -0.05) is 6.07 Å². The van der Waals surface area contributed by atoms with Crippen LogP contribution >= 0.6 is 15.9 Å². The Morgan fingerprint density at radius 3 is 2.77 bits per heavy atom. The molecule has 0 aliphatic carbocycles. The van der Waals surface area contributed by atoms with E-state index in [1.165, 1.54) is 0 Å². The van der Waals surface area contributed by atoms with Gasteiger partial charge in [-0.05, 0) is 60.1 Å². The average molecular weight is 246 g/mol. The fourth-order valence-electron chi connectivity index (χ4n) is 1.24. The van der Waals surface area contributed by atoms with Gasteiger partial charge in [0.15, 0.2) is 0 Å². The Balaban J connectivity index is 2.92. The molecule has 13 heavy (non-hydrogen) atoms. The highest BCUT2D eigenvalue weighted by atomic mass is 79.9. The number of aryl methyl sites for hydroxylation is 1. The van der Waals surface area contributed by atoms with Crippen LogP contribution in [0.4, 0.5) is 4.39 Å². The molecule has 0 amide bonds. The van der Waals surface area contributed by atoms with Gasteiger partial charge in [0.25, 0.3) is 0 Å². The lowest BCUT2D eigenvalue weighted by Crippen LogP contribution is -2.11. The Bertz CT molecular complexity index is 299. The van der Waals surface area contributed by atoms with Crippen molar-refractivity contribution >= 4 is 15.9 Å². The molecule has 1 N–H and O–H groups in total. The number of nitrogens with one attached hydrogen (secondary N) is 1. The summed E-state index contributed by atoms with van der Waals surface area (Å²) in [5, 5.41) is 3.00. The number of benzene rings is 1. The zero-order valence-corrected chi connectivity index (χ0v) is 9.41. The van der Waals surface area contributed by atoms with Crippen molar-refractivity contribution in [2.75, 3.05) is 13.6 Å². The summed E-state index contributed by atoms with van der Waals surface area (Å²) in [5.41, 5.74) is 1.85. The first-order valence-corrected chi connectivity index (χ1v) is 5.03. The van der Waals surface area contributed by atoms with Crippen molar-refractivity contribution in [1.82, 2.24) is 5.32 Å². The van der Waals surface area contributed by atoms with E-state index in [0.717, 1.165) is 24.1 Å². The molecule has 1 rings (SSSR count). The summed E-state index contributed by atoms with van der Waals surface area (Å²) in [6.45, 7) is 2.76. The van der Waals surface area contributed by atoms with Crippen molar-refractivity contribution in [3.63, 3.8) is 0 Å². The highest BCUT2D eigenvalue weighted by molar-refractivity contribution is 9.10. The molecule has 1 aromatic rings. The van der Waals surface area contributed by atoms with Gasteiger partial charge < -0.3 is 5.32 Å². The summed E-state index contributed by atoms with van der Waals surface area (Å²) >= 11 is 3.19. The molecule has 0 aliphatic heterocycles. The Hall–Kier alpha value is -0.410. The van der Waals surface area contributed by atoms with Crippen molar-refractivity contribution in [2.45, 2.75) is 13.3 Å². The second kappa shape index (κ2) is 4.72. The van der Waals surface area contributed by atoms with Gasteiger partial charge in [-0.2, -0.15) is 0 Å². The third kappa shape index (κ3) is 2.78. The normalized spacial score (nSPS) is 10.5. The first-order valence-electron chi connectivity index (χ1n) is 4.24. The van der Waals surface area contributed by atoms with Gasteiger partial charge >= 0.3 is 0 Å². The summed E-state index contributed by atoms with van der Waals surface area (Å²) in [6.07, 6.45) is 0.725. The summed E-state index contributed by atoms with van der Waals surface area (Å²) in [5.74, 6) is -0.138. The molecule has 0 saturated carbocycles. The Labute approximate surface area is 86.5 Å². The van der Waals surface area contributed by atoms with Crippen molar-refractivity contribution < 1.29 is 4.39 Å². The molecule has 0 bridgehead atoms. The van der Waals surface area contributed by atoms with E-state index in [9.17, 15) is 4.39 Å². The van der Waals surface area contributed by atoms with Gasteiger partial charge in [0.1, 0.15) is 5.82 Å². The standard InChI is InChI=1S/C10H13BrFN/c1-7-5-8(3-4-13-2)10(12)9(11)6-7/h5-6,13H,3-4H2,1-2H3. The molecule has 0 aromatic heterocycles. The number of hydrogen-bond donors (Lipinski definition) is 1. The first kappa shape index (κ1) is 10.7. The number of hydrogen-bond acceptors (Lipinski definition) is 1. The maximum Gasteiger partial charge on any atom is 0.140 e. The molecule has 0 spiro atoms. The second-order valence-electron chi connectivity index (χ2n) is 3.07. The summed E-state index contributed by atoms with van der Waals surface area (Å²) in [4.78, 5) is 0. The minimum absolute atomic E-state index is 0.138. The molecule has 1 aromatic carbocycles.